The molecule has 0 amide bonds. The lowest BCUT2D eigenvalue weighted by molar-refractivity contribution is 0.602. The van der Waals surface area contributed by atoms with Gasteiger partial charge in [0.25, 0.3) is 0 Å². The van der Waals surface area contributed by atoms with Gasteiger partial charge in [0.15, 0.2) is 9.84 Å². The topological polar surface area (TPSA) is 84.0 Å². The van der Waals surface area contributed by atoms with Crippen LogP contribution in [-0.4, -0.2) is 35.9 Å². The van der Waals surface area contributed by atoms with Gasteiger partial charge in [0.2, 0.25) is 5.95 Å². The Kier molecular flexibility index (Phi) is 5.00. The van der Waals surface area contributed by atoms with Gasteiger partial charge in [0.05, 0.1) is 17.2 Å². The van der Waals surface area contributed by atoms with E-state index in [0.717, 1.165) is 22.5 Å². The van der Waals surface area contributed by atoms with E-state index in [0.29, 0.717) is 18.2 Å². The monoisotopic (exact) mass is 394 g/mol. The van der Waals surface area contributed by atoms with Crippen molar-refractivity contribution in [3.8, 4) is 11.3 Å². The van der Waals surface area contributed by atoms with Crippen molar-refractivity contribution in [3.05, 3.63) is 66.2 Å². The molecule has 2 heterocycles. The number of aryl methyl sites for hydroxylation is 1. The minimum atomic E-state index is -2.98. The molecule has 6 nitrogen and oxygen atoms in total. The summed E-state index contributed by atoms with van der Waals surface area (Å²) in [5.74, 6) is 1.41. The molecular formula is C21H22N4O2S. The van der Waals surface area contributed by atoms with Gasteiger partial charge in [-0.25, -0.2) is 13.4 Å². The maximum atomic E-state index is 11.8. The fraction of sp³-hybridized carbons (Fsp3) is 0.238. The molecule has 2 N–H and O–H groups in total. The van der Waals surface area contributed by atoms with Gasteiger partial charge >= 0.3 is 0 Å². The van der Waals surface area contributed by atoms with Crippen LogP contribution in [0.5, 0.6) is 0 Å². The molecule has 7 heteroatoms. The highest BCUT2D eigenvalue weighted by Gasteiger charge is 2.28. The number of nitrogens with zero attached hydrogens (tertiary/aromatic N) is 2. The van der Waals surface area contributed by atoms with E-state index in [2.05, 4.69) is 20.6 Å². The fourth-order valence-corrected chi connectivity index (χ4v) is 4.95. The second kappa shape index (κ2) is 7.59. The van der Waals surface area contributed by atoms with Gasteiger partial charge in [-0.05, 0) is 25.0 Å². The second-order valence-electron chi connectivity index (χ2n) is 7.01. The normalized spacial score (nSPS) is 18.0. The van der Waals surface area contributed by atoms with E-state index in [-0.39, 0.29) is 17.5 Å². The number of rotatable bonds is 5. The average Bonchev–Trinajstić information content (AvgIpc) is 3.02. The lowest BCUT2D eigenvalue weighted by Gasteiger charge is -2.15. The molecule has 0 bridgehead atoms. The molecule has 0 saturated carbocycles. The number of nitrogens with one attached hydrogen (secondary N) is 2. The lowest BCUT2D eigenvalue weighted by atomic mass is 10.1. The molecule has 28 heavy (non-hydrogen) atoms. The number of hydrogen-bond donors (Lipinski definition) is 2. The number of sulfone groups is 1. The Bertz CT molecular complexity index is 1080. The highest BCUT2D eigenvalue weighted by Crippen LogP contribution is 2.26. The number of para-hydroxylation sites is 1. The summed E-state index contributed by atoms with van der Waals surface area (Å²) >= 11 is 0. The molecule has 0 radical (unpaired) electrons. The Morgan fingerprint density at radius 3 is 2.46 bits per heavy atom. The molecule has 2 aromatic carbocycles. The molecule has 144 valence electrons. The Morgan fingerprint density at radius 1 is 1.00 bits per heavy atom. The molecule has 1 unspecified atom stereocenters. The van der Waals surface area contributed by atoms with Gasteiger partial charge in [-0.15, -0.1) is 0 Å². The summed E-state index contributed by atoms with van der Waals surface area (Å²) in [6, 6.07) is 19.6. The molecular weight excluding hydrogens is 372 g/mol. The van der Waals surface area contributed by atoms with E-state index < -0.39 is 9.84 Å². The number of benzene rings is 2. The zero-order valence-electron chi connectivity index (χ0n) is 15.6. The van der Waals surface area contributed by atoms with Gasteiger partial charge in [-0.1, -0.05) is 48.5 Å². The van der Waals surface area contributed by atoms with Crippen LogP contribution in [0.2, 0.25) is 0 Å². The Balaban J connectivity index is 1.68. The van der Waals surface area contributed by atoms with Gasteiger partial charge in [-0.3, -0.25) is 0 Å². The molecule has 1 aliphatic heterocycles. The van der Waals surface area contributed by atoms with Crippen LogP contribution >= 0.6 is 0 Å². The second-order valence-corrected chi connectivity index (χ2v) is 9.24. The summed E-state index contributed by atoms with van der Waals surface area (Å²) in [7, 11) is -2.98. The van der Waals surface area contributed by atoms with E-state index in [9.17, 15) is 8.42 Å². The summed E-state index contributed by atoms with van der Waals surface area (Å²) in [6.45, 7) is 2.03. The van der Waals surface area contributed by atoms with E-state index in [1.165, 1.54) is 0 Å². The van der Waals surface area contributed by atoms with Crippen LogP contribution in [0.3, 0.4) is 0 Å². The van der Waals surface area contributed by atoms with Crippen molar-refractivity contribution in [3.63, 3.8) is 0 Å². The summed E-state index contributed by atoms with van der Waals surface area (Å²) in [6.07, 6.45) is 0.571. The van der Waals surface area contributed by atoms with Gasteiger partial charge in [0.1, 0.15) is 5.82 Å². The third-order valence-electron chi connectivity index (χ3n) is 4.77. The van der Waals surface area contributed by atoms with Gasteiger partial charge in [0, 0.05) is 23.4 Å². The lowest BCUT2D eigenvalue weighted by Crippen LogP contribution is -2.22. The van der Waals surface area contributed by atoms with E-state index in [4.69, 9.17) is 0 Å². The predicted molar refractivity (Wildman–Crippen MR) is 113 cm³/mol. The quantitative estimate of drug-likeness (QED) is 0.685. The van der Waals surface area contributed by atoms with Crippen LogP contribution in [0.15, 0.2) is 60.7 Å². The van der Waals surface area contributed by atoms with Gasteiger partial charge < -0.3 is 10.6 Å². The molecule has 0 aliphatic carbocycles. The van der Waals surface area contributed by atoms with Crippen molar-refractivity contribution in [2.24, 2.45) is 0 Å². The molecule has 3 aromatic rings. The van der Waals surface area contributed by atoms with Crippen molar-refractivity contribution >= 4 is 27.3 Å². The van der Waals surface area contributed by atoms with Crippen LogP contribution in [0.1, 0.15) is 12.0 Å². The molecule has 1 atom stereocenters. The summed E-state index contributed by atoms with van der Waals surface area (Å²) in [4.78, 5) is 9.20. The molecule has 1 aliphatic rings. The van der Waals surface area contributed by atoms with E-state index in [1.54, 1.807) is 0 Å². The minimum Gasteiger partial charge on any atom is -0.350 e. The summed E-state index contributed by atoms with van der Waals surface area (Å²) in [5, 5.41) is 6.56. The van der Waals surface area contributed by atoms with Crippen LogP contribution in [0.4, 0.5) is 17.5 Å². The van der Waals surface area contributed by atoms with Crippen LogP contribution in [-0.2, 0) is 9.84 Å². The Hall–Kier alpha value is -2.93. The largest absolute Gasteiger partial charge is 0.350 e. The van der Waals surface area contributed by atoms with E-state index >= 15 is 0 Å². The van der Waals surface area contributed by atoms with Crippen molar-refractivity contribution in [1.29, 1.82) is 0 Å². The van der Waals surface area contributed by atoms with Crippen molar-refractivity contribution < 1.29 is 8.42 Å². The highest BCUT2D eigenvalue weighted by atomic mass is 32.2. The smallest absolute Gasteiger partial charge is 0.225 e. The number of anilines is 3. The molecule has 1 saturated heterocycles. The number of aromatic nitrogens is 2. The Morgan fingerprint density at radius 2 is 1.75 bits per heavy atom. The first-order valence-electron chi connectivity index (χ1n) is 9.23. The van der Waals surface area contributed by atoms with Crippen molar-refractivity contribution in [1.82, 2.24) is 9.97 Å². The first kappa shape index (κ1) is 18.4. The first-order valence-corrected chi connectivity index (χ1v) is 11.0. The Labute approximate surface area is 165 Å². The summed E-state index contributed by atoms with van der Waals surface area (Å²) in [5.41, 5.74) is 3.82. The maximum absolute atomic E-state index is 11.8. The zero-order valence-corrected chi connectivity index (χ0v) is 16.4. The minimum absolute atomic E-state index is 0.118. The van der Waals surface area contributed by atoms with Crippen molar-refractivity contribution in [2.75, 3.05) is 22.1 Å². The predicted octanol–water partition coefficient (Wildman–Crippen LogP) is 3.79. The molecule has 1 fully saturated rings. The molecule has 0 spiro atoms. The van der Waals surface area contributed by atoms with Crippen LogP contribution < -0.4 is 10.6 Å². The first-order chi connectivity index (χ1) is 13.5. The molecule has 4 rings (SSSR count). The number of hydrogen-bond acceptors (Lipinski definition) is 6. The summed E-state index contributed by atoms with van der Waals surface area (Å²) < 4.78 is 23.5. The van der Waals surface area contributed by atoms with Crippen molar-refractivity contribution in [2.45, 2.75) is 19.4 Å². The molecule has 1 aromatic heterocycles. The SMILES string of the molecule is Cc1ccccc1Nc1cc(-c2ccccc2)nc(NC2CCS(=O)(=O)C2)n1. The maximum Gasteiger partial charge on any atom is 0.225 e. The van der Waals surface area contributed by atoms with Crippen LogP contribution in [0.25, 0.3) is 11.3 Å². The highest BCUT2D eigenvalue weighted by molar-refractivity contribution is 7.91. The van der Waals surface area contributed by atoms with Crippen LogP contribution in [0, 0.1) is 6.92 Å². The third kappa shape index (κ3) is 4.31. The van der Waals surface area contributed by atoms with E-state index in [1.807, 2.05) is 67.6 Å². The standard InChI is InChI=1S/C21H22N4O2S/c1-15-7-5-6-10-18(15)23-20-13-19(16-8-3-2-4-9-16)24-21(25-20)22-17-11-12-28(26,27)14-17/h2-10,13,17H,11-12,14H2,1H3,(H2,22,23,24,25). The average molecular weight is 395 g/mol. The third-order valence-corrected chi connectivity index (χ3v) is 6.54. The fourth-order valence-electron chi connectivity index (χ4n) is 3.28. The zero-order chi connectivity index (χ0) is 19.6. The van der Waals surface area contributed by atoms with Gasteiger partial charge in [-0.2, -0.15) is 4.98 Å².